The van der Waals surface area contributed by atoms with Crippen molar-refractivity contribution in [2.45, 2.75) is 0 Å². The smallest absolute Gasteiger partial charge is 0.0835 e. The normalized spacial score (nSPS) is 6.40. The molecule has 1 atom stereocenters. The van der Waals surface area contributed by atoms with Gasteiger partial charge in [0, 0.05) is 0 Å². The summed E-state index contributed by atoms with van der Waals surface area (Å²) in [6, 6.07) is 0. The molecule has 0 N–H and O–H groups in total. The number of hydrogen-bond donors (Lipinski definition) is 0. The molecular formula is C2H5ClNP. The van der Waals surface area contributed by atoms with Crippen LogP contribution in [0.3, 0.4) is 0 Å². The Hall–Kier alpha value is 0.210. The van der Waals surface area contributed by atoms with Crippen molar-refractivity contribution in [3.63, 3.8) is 0 Å². The molecule has 0 aromatic heterocycles. The van der Waals surface area contributed by atoms with E-state index in [2.05, 4.69) is 0 Å². The molecule has 0 aromatic rings. The minimum absolute atomic E-state index is 0. The second kappa shape index (κ2) is 8.88. The highest BCUT2D eigenvalue weighted by Crippen LogP contribution is 1.91. The van der Waals surface area contributed by atoms with Gasteiger partial charge < -0.3 is 0 Å². The van der Waals surface area contributed by atoms with Gasteiger partial charge in [-0.3, -0.25) is 0 Å². The van der Waals surface area contributed by atoms with Gasteiger partial charge in [0.25, 0.3) is 0 Å². The lowest BCUT2D eigenvalue weighted by atomic mass is 11.8. The predicted octanol–water partition coefficient (Wildman–Crippen LogP) is 1.20. The van der Waals surface area contributed by atoms with Crippen LogP contribution in [0.5, 0.6) is 0 Å². The summed E-state index contributed by atoms with van der Waals surface area (Å²) >= 11 is 0. The van der Waals surface area contributed by atoms with Crippen molar-refractivity contribution >= 4 is 21.0 Å². The molecule has 1 unspecified atom stereocenters. The third-order valence-electron chi connectivity index (χ3n) is 0.112. The molecule has 0 heterocycles. The maximum Gasteiger partial charge on any atom is 0.0835 e. The van der Waals surface area contributed by atoms with E-state index in [0.717, 1.165) is 0 Å². The molecule has 0 radical (unpaired) electrons. The minimum Gasteiger partial charge on any atom is -0.194 e. The van der Waals surface area contributed by atoms with Crippen LogP contribution in [-0.4, -0.2) is 6.66 Å². The highest BCUT2D eigenvalue weighted by Gasteiger charge is 1.48. The van der Waals surface area contributed by atoms with E-state index in [1.165, 1.54) is 0 Å². The zero-order valence-electron chi connectivity index (χ0n) is 2.86. The quantitative estimate of drug-likeness (QED) is 0.429. The van der Waals surface area contributed by atoms with Crippen molar-refractivity contribution in [3.8, 4) is 5.81 Å². The van der Waals surface area contributed by atoms with E-state index in [9.17, 15) is 0 Å². The summed E-state index contributed by atoms with van der Waals surface area (Å²) < 4.78 is 0. The van der Waals surface area contributed by atoms with Crippen LogP contribution in [-0.2, 0) is 0 Å². The van der Waals surface area contributed by atoms with Crippen molar-refractivity contribution in [1.82, 2.24) is 0 Å². The van der Waals surface area contributed by atoms with Gasteiger partial charge in [-0.1, -0.05) is 0 Å². The fraction of sp³-hybridized carbons (Fsp3) is 0.500. The van der Waals surface area contributed by atoms with E-state index in [1.807, 2.05) is 12.5 Å². The molecule has 5 heavy (non-hydrogen) atoms. The lowest BCUT2D eigenvalue weighted by Crippen LogP contribution is -1.21. The molecule has 0 aliphatic heterocycles. The lowest BCUT2D eigenvalue weighted by molar-refractivity contribution is 1.57. The standard InChI is InChI=1S/C2H4NP.ClH/c1-4-2-3;/h4H,1H3;1H. The number of hydrogen-bond acceptors (Lipinski definition) is 1. The average Bonchev–Trinajstić information content (AvgIpc) is 1.37. The predicted molar refractivity (Wildman–Crippen MR) is 27.1 cm³/mol. The second-order valence-corrected chi connectivity index (χ2v) is 1.09. The summed E-state index contributed by atoms with van der Waals surface area (Å²) in [5, 5.41) is 7.64. The van der Waals surface area contributed by atoms with E-state index in [-0.39, 0.29) is 12.4 Å². The zero-order chi connectivity index (χ0) is 3.41. The van der Waals surface area contributed by atoms with E-state index >= 15 is 0 Å². The topological polar surface area (TPSA) is 23.8 Å². The Bertz CT molecular complexity index is 39.4. The fourth-order valence-electron chi connectivity index (χ4n) is 0. The molecule has 0 bridgehead atoms. The second-order valence-electron chi connectivity index (χ2n) is 0.362. The molecule has 0 saturated carbocycles. The first-order valence-electron chi connectivity index (χ1n) is 0.974. The highest BCUT2D eigenvalue weighted by atomic mass is 35.5. The van der Waals surface area contributed by atoms with Crippen molar-refractivity contribution < 1.29 is 0 Å². The number of nitrogens with zero attached hydrogens (tertiary/aromatic N) is 1. The molecule has 3 heteroatoms. The highest BCUT2D eigenvalue weighted by molar-refractivity contribution is 7.42. The summed E-state index contributed by atoms with van der Waals surface area (Å²) in [4.78, 5) is 0. The third kappa shape index (κ3) is 14.0. The summed E-state index contributed by atoms with van der Waals surface area (Å²) in [5.74, 6) is 1.96. The van der Waals surface area contributed by atoms with Crippen molar-refractivity contribution in [3.05, 3.63) is 0 Å². The van der Waals surface area contributed by atoms with Crippen LogP contribution in [0.4, 0.5) is 0 Å². The van der Waals surface area contributed by atoms with E-state index < -0.39 is 0 Å². The van der Waals surface area contributed by atoms with Crippen LogP contribution in [0.25, 0.3) is 0 Å². The Morgan fingerprint density at radius 1 is 1.80 bits per heavy atom. The van der Waals surface area contributed by atoms with Gasteiger partial charge in [0.05, 0.1) is 5.81 Å². The first kappa shape index (κ1) is 8.96. The van der Waals surface area contributed by atoms with Crippen molar-refractivity contribution in [2.24, 2.45) is 0 Å². The van der Waals surface area contributed by atoms with Crippen LogP contribution in [0.1, 0.15) is 0 Å². The molecule has 0 amide bonds. The number of nitriles is 1. The molecule has 0 saturated heterocycles. The Labute approximate surface area is 39.6 Å². The summed E-state index contributed by atoms with van der Waals surface area (Å²) in [6.07, 6.45) is 0. The molecule has 0 aliphatic rings. The van der Waals surface area contributed by atoms with Crippen molar-refractivity contribution in [1.29, 1.82) is 5.26 Å². The van der Waals surface area contributed by atoms with E-state index in [4.69, 9.17) is 5.26 Å². The van der Waals surface area contributed by atoms with Gasteiger partial charge in [0.15, 0.2) is 0 Å². The first-order chi connectivity index (χ1) is 1.91. The lowest BCUT2D eigenvalue weighted by Gasteiger charge is -1.48. The molecule has 0 fully saturated rings. The van der Waals surface area contributed by atoms with Gasteiger partial charge in [-0.05, 0) is 15.2 Å². The Balaban J connectivity index is 0. The first-order valence-corrected chi connectivity index (χ1v) is 2.47. The minimum atomic E-state index is 0. The van der Waals surface area contributed by atoms with Crippen LogP contribution in [0, 0.1) is 11.1 Å². The molecule has 1 nitrogen and oxygen atoms in total. The maximum absolute atomic E-state index is 7.64. The monoisotopic (exact) mass is 109 g/mol. The van der Waals surface area contributed by atoms with Crippen LogP contribution in [0.2, 0.25) is 0 Å². The Morgan fingerprint density at radius 2 is 2.00 bits per heavy atom. The van der Waals surface area contributed by atoms with Gasteiger partial charge in [-0.25, -0.2) is 0 Å². The molecule has 0 spiro atoms. The van der Waals surface area contributed by atoms with Gasteiger partial charge in [0.2, 0.25) is 0 Å². The van der Waals surface area contributed by atoms with Gasteiger partial charge in [-0.2, -0.15) is 5.26 Å². The Morgan fingerprint density at radius 3 is 2.00 bits per heavy atom. The SMILES string of the molecule is CPC#N.Cl. The van der Waals surface area contributed by atoms with Gasteiger partial charge in [-0.15, -0.1) is 12.4 Å². The average molecular weight is 109 g/mol. The van der Waals surface area contributed by atoms with Crippen LogP contribution < -0.4 is 0 Å². The van der Waals surface area contributed by atoms with Crippen LogP contribution in [0.15, 0.2) is 0 Å². The van der Waals surface area contributed by atoms with E-state index in [0.29, 0.717) is 8.58 Å². The zero-order valence-corrected chi connectivity index (χ0v) is 4.67. The molecule has 0 aromatic carbocycles. The maximum atomic E-state index is 7.64. The van der Waals surface area contributed by atoms with Gasteiger partial charge >= 0.3 is 0 Å². The third-order valence-corrected chi connectivity index (χ3v) is 0.335. The number of halogens is 1. The summed E-state index contributed by atoms with van der Waals surface area (Å²) in [5.41, 5.74) is 0. The molecule has 0 aliphatic carbocycles. The van der Waals surface area contributed by atoms with Crippen LogP contribution >= 0.6 is 21.0 Å². The van der Waals surface area contributed by atoms with Gasteiger partial charge in [0.1, 0.15) is 0 Å². The fourth-order valence-corrected chi connectivity index (χ4v) is 0. The Kier molecular flexibility index (Phi) is 15.9. The summed E-state index contributed by atoms with van der Waals surface area (Å²) in [6.45, 7) is 1.85. The molecule has 0 rings (SSSR count). The molecular weight excluding hydrogens is 104 g/mol. The molecule has 30 valence electrons. The van der Waals surface area contributed by atoms with E-state index in [1.54, 1.807) is 0 Å². The summed E-state index contributed by atoms with van der Waals surface area (Å²) in [7, 11) is 0.446. The van der Waals surface area contributed by atoms with Crippen molar-refractivity contribution in [2.75, 3.05) is 6.66 Å². The number of rotatable bonds is 0. The largest absolute Gasteiger partial charge is 0.194 e.